The van der Waals surface area contributed by atoms with Gasteiger partial charge < -0.3 is 19.8 Å². The zero-order chi connectivity index (χ0) is 23.6. The summed E-state index contributed by atoms with van der Waals surface area (Å²) in [6.45, 7) is 14.1. The van der Waals surface area contributed by atoms with E-state index in [1.54, 1.807) is 48.5 Å². The molecule has 0 atom stereocenters. The van der Waals surface area contributed by atoms with Crippen LogP contribution in [0.5, 0.6) is 0 Å². The van der Waals surface area contributed by atoms with Crippen molar-refractivity contribution >= 4 is 12.1 Å². The molecule has 7 heteroatoms. The summed E-state index contributed by atoms with van der Waals surface area (Å²) in [5.41, 5.74) is 1.29. The van der Waals surface area contributed by atoms with Gasteiger partial charge in [-0.2, -0.15) is 0 Å². The molecular weight excluding hydrogens is 396 g/mol. The summed E-state index contributed by atoms with van der Waals surface area (Å²) in [6.07, 6.45) is -0.652. The molecule has 0 aliphatic carbocycles. The summed E-state index contributed by atoms with van der Waals surface area (Å²) in [6, 6.07) is 7.48. The first-order chi connectivity index (χ1) is 14.2. The lowest BCUT2D eigenvalue weighted by molar-refractivity contribution is 0.00688. The van der Waals surface area contributed by atoms with E-state index in [0.29, 0.717) is 16.8 Å². The molecule has 1 aromatic carbocycles. The van der Waals surface area contributed by atoms with Crippen molar-refractivity contribution in [3.63, 3.8) is 0 Å². The SMILES string of the molecule is Cc1ccc(-c2c(C(=O)OC(C)(C)C)c(C)[nH]c(=O)c2CNC(=O)OC(C)(C)C)cc1. The van der Waals surface area contributed by atoms with Crippen LogP contribution in [-0.4, -0.2) is 28.2 Å². The van der Waals surface area contributed by atoms with E-state index < -0.39 is 28.8 Å². The van der Waals surface area contributed by atoms with E-state index >= 15 is 0 Å². The molecule has 1 amide bonds. The van der Waals surface area contributed by atoms with Crippen LogP contribution < -0.4 is 10.9 Å². The second kappa shape index (κ2) is 8.96. The Labute approximate surface area is 183 Å². The van der Waals surface area contributed by atoms with E-state index in [4.69, 9.17) is 9.47 Å². The van der Waals surface area contributed by atoms with Gasteiger partial charge in [-0.15, -0.1) is 0 Å². The van der Waals surface area contributed by atoms with Crippen LogP contribution in [0.15, 0.2) is 29.1 Å². The highest BCUT2D eigenvalue weighted by Gasteiger charge is 2.27. The van der Waals surface area contributed by atoms with Gasteiger partial charge in [0.1, 0.15) is 11.2 Å². The zero-order valence-electron chi connectivity index (χ0n) is 19.6. The van der Waals surface area contributed by atoms with Crippen molar-refractivity contribution in [2.75, 3.05) is 0 Å². The number of hydrogen-bond donors (Lipinski definition) is 2. The third kappa shape index (κ3) is 6.70. The maximum atomic E-state index is 13.1. The fourth-order valence-corrected chi connectivity index (χ4v) is 3.03. The van der Waals surface area contributed by atoms with E-state index in [2.05, 4.69) is 10.3 Å². The predicted octanol–water partition coefficient (Wildman–Crippen LogP) is 4.64. The van der Waals surface area contributed by atoms with Crippen LogP contribution in [0.4, 0.5) is 4.79 Å². The Hall–Kier alpha value is -3.09. The molecule has 7 nitrogen and oxygen atoms in total. The monoisotopic (exact) mass is 428 g/mol. The fourth-order valence-electron chi connectivity index (χ4n) is 3.03. The lowest BCUT2D eigenvalue weighted by Gasteiger charge is -2.23. The van der Waals surface area contributed by atoms with Crippen LogP contribution >= 0.6 is 0 Å². The van der Waals surface area contributed by atoms with Gasteiger partial charge in [0.05, 0.1) is 12.1 Å². The molecule has 0 saturated heterocycles. The molecule has 0 bridgehead atoms. The quantitative estimate of drug-likeness (QED) is 0.692. The van der Waals surface area contributed by atoms with Crippen molar-refractivity contribution in [1.29, 1.82) is 0 Å². The van der Waals surface area contributed by atoms with E-state index in [0.717, 1.165) is 5.56 Å². The molecule has 0 fully saturated rings. The standard InChI is InChI=1S/C24H32N2O5/c1-14-9-11-16(12-10-14)19-17(13-25-22(29)31-24(6,7)8)20(27)26-15(2)18(19)21(28)30-23(3,4)5/h9-12H,13H2,1-8H3,(H,25,29)(H,26,27). The molecule has 2 rings (SSSR count). The maximum Gasteiger partial charge on any atom is 0.407 e. The zero-order valence-corrected chi connectivity index (χ0v) is 19.6. The van der Waals surface area contributed by atoms with Crippen molar-refractivity contribution in [1.82, 2.24) is 10.3 Å². The van der Waals surface area contributed by atoms with Crippen LogP contribution in [0.3, 0.4) is 0 Å². The number of aromatic nitrogens is 1. The highest BCUT2D eigenvalue weighted by atomic mass is 16.6. The highest BCUT2D eigenvalue weighted by molar-refractivity contribution is 5.99. The first-order valence-electron chi connectivity index (χ1n) is 10.2. The van der Waals surface area contributed by atoms with Crippen LogP contribution in [0.25, 0.3) is 11.1 Å². The number of aromatic amines is 1. The van der Waals surface area contributed by atoms with E-state index in [9.17, 15) is 14.4 Å². The molecule has 0 aliphatic heterocycles. The third-order valence-corrected chi connectivity index (χ3v) is 4.25. The number of aryl methyl sites for hydroxylation is 2. The number of ether oxygens (including phenoxy) is 2. The average molecular weight is 429 g/mol. The van der Waals surface area contributed by atoms with Gasteiger partial charge in [-0.05, 0) is 61.0 Å². The summed E-state index contributed by atoms with van der Waals surface area (Å²) in [5, 5.41) is 2.62. The number of H-pyrrole nitrogens is 1. The van der Waals surface area contributed by atoms with Crippen molar-refractivity contribution in [3.8, 4) is 11.1 Å². The number of hydrogen-bond acceptors (Lipinski definition) is 5. The minimum Gasteiger partial charge on any atom is -0.456 e. The van der Waals surface area contributed by atoms with Crippen LogP contribution in [-0.2, 0) is 16.0 Å². The molecule has 1 heterocycles. The molecule has 2 aromatic rings. The molecule has 31 heavy (non-hydrogen) atoms. The van der Waals surface area contributed by atoms with Crippen molar-refractivity contribution in [3.05, 3.63) is 57.0 Å². The Balaban J connectivity index is 2.62. The van der Waals surface area contributed by atoms with Crippen molar-refractivity contribution < 1.29 is 19.1 Å². The minimum atomic E-state index is -0.709. The Morgan fingerprint density at radius 1 is 0.935 bits per heavy atom. The lowest BCUT2D eigenvalue weighted by atomic mass is 9.93. The molecular formula is C24H32N2O5. The van der Waals surface area contributed by atoms with Gasteiger partial charge >= 0.3 is 12.1 Å². The molecule has 0 spiro atoms. The normalized spacial score (nSPS) is 11.7. The Bertz CT molecular complexity index is 1020. The summed E-state index contributed by atoms with van der Waals surface area (Å²) < 4.78 is 10.9. The minimum absolute atomic E-state index is 0.108. The van der Waals surface area contributed by atoms with Crippen molar-refractivity contribution in [2.24, 2.45) is 0 Å². The number of amides is 1. The van der Waals surface area contributed by atoms with Gasteiger partial charge in [-0.3, -0.25) is 4.79 Å². The topological polar surface area (TPSA) is 97.5 Å². The van der Waals surface area contributed by atoms with Gasteiger partial charge in [-0.25, -0.2) is 9.59 Å². The first-order valence-corrected chi connectivity index (χ1v) is 10.2. The summed E-state index contributed by atoms with van der Waals surface area (Å²) >= 11 is 0. The number of benzene rings is 1. The smallest absolute Gasteiger partial charge is 0.407 e. The average Bonchev–Trinajstić information content (AvgIpc) is 2.57. The van der Waals surface area contributed by atoms with Gasteiger partial charge in [0.2, 0.25) is 0 Å². The molecule has 168 valence electrons. The molecule has 1 aromatic heterocycles. The number of carbonyl (C=O) groups excluding carboxylic acids is 2. The number of pyridine rings is 1. The number of nitrogens with one attached hydrogen (secondary N) is 2. The molecule has 0 saturated carbocycles. The van der Waals surface area contributed by atoms with E-state index in [-0.39, 0.29) is 17.7 Å². The molecule has 0 radical (unpaired) electrons. The largest absolute Gasteiger partial charge is 0.456 e. The number of alkyl carbamates (subject to hydrolysis) is 1. The Kier molecular flexibility index (Phi) is 6.99. The van der Waals surface area contributed by atoms with Gasteiger partial charge in [0, 0.05) is 16.8 Å². The summed E-state index contributed by atoms with van der Waals surface area (Å²) in [4.78, 5) is 40.8. The van der Waals surface area contributed by atoms with E-state index in [1.165, 1.54) is 0 Å². The van der Waals surface area contributed by atoms with Crippen LogP contribution in [0.1, 0.15) is 68.7 Å². The second-order valence-corrected chi connectivity index (χ2v) is 9.53. The Morgan fingerprint density at radius 2 is 1.48 bits per heavy atom. The molecule has 0 aliphatic rings. The van der Waals surface area contributed by atoms with E-state index in [1.807, 2.05) is 31.2 Å². The van der Waals surface area contributed by atoms with Crippen LogP contribution in [0, 0.1) is 13.8 Å². The lowest BCUT2D eigenvalue weighted by Crippen LogP contribution is -2.34. The van der Waals surface area contributed by atoms with Gasteiger partial charge in [0.25, 0.3) is 5.56 Å². The van der Waals surface area contributed by atoms with Crippen LogP contribution in [0.2, 0.25) is 0 Å². The highest BCUT2D eigenvalue weighted by Crippen LogP contribution is 2.30. The van der Waals surface area contributed by atoms with Gasteiger partial charge in [0.15, 0.2) is 0 Å². The summed E-state index contributed by atoms with van der Waals surface area (Å²) in [5.74, 6) is -0.546. The number of esters is 1. The maximum absolute atomic E-state index is 13.1. The number of rotatable bonds is 4. The van der Waals surface area contributed by atoms with Gasteiger partial charge in [-0.1, -0.05) is 29.8 Å². The summed E-state index contributed by atoms with van der Waals surface area (Å²) in [7, 11) is 0. The third-order valence-electron chi connectivity index (χ3n) is 4.25. The first kappa shape index (κ1) is 24.2. The fraction of sp³-hybridized carbons (Fsp3) is 0.458. The Morgan fingerprint density at radius 3 is 2.00 bits per heavy atom. The molecule has 0 unspecified atom stereocenters. The number of carbonyl (C=O) groups is 2. The second-order valence-electron chi connectivity index (χ2n) is 9.53. The molecule has 2 N–H and O–H groups in total. The van der Waals surface area contributed by atoms with Crippen molar-refractivity contribution in [2.45, 2.75) is 73.1 Å². The predicted molar refractivity (Wildman–Crippen MR) is 120 cm³/mol.